The van der Waals surface area contributed by atoms with E-state index in [1.54, 1.807) is 4.90 Å². The lowest BCUT2D eigenvalue weighted by Gasteiger charge is -2.23. The largest absolute Gasteiger partial charge is 0.369 e. The lowest BCUT2D eigenvalue weighted by atomic mass is 10.0. The Hall–Kier alpha value is -1.74. The van der Waals surface area contributed by atoms with Gasteiger partial charge in [0.2, 0.25) is 5.96 Å². The van der Waals surface area contributed by atoms with Crippen LogP contribution < -0.4 is 11.1 Å². The molecule has 0 saturated heterocycles. The fourth-order valence-corrected chi connectivity index (χ4v) is 5.81. The van der Waals surface area contributed by atoms with Gasteiger partial charge in [0.15, 0.2) is 0 Å². The average Bonchev–Trinajstić information content (AvgIpc) is 3.19. The van der Waals surface area contributed by atoms with Gasteiger partial charge < -0.3 is 30.0 Å². The quantitative estimate of drug-likeness (QED) is 0.245. The predicted octanol–water partition coefficient (Wildman–Crippen LogP) is 3.88. The first-order valence-electron chi connectivity index (χ1n) is 12.0. The zero-order valence-corrected chi connectivity index (χ0v) is 25.3. The van der Waals surface area contributed by atoms with E-state index in [0.29, 0.717) is 53.3 Å². The standard InChI is InChI=1S/C23H38BrN5O4Si2/c1-34(2,3)11-9-32-14-28-8-7-16(19-21(30)27-23(25)26-19)17-13-18(24)29(20(17)22(28)31)15-33-10-12-35(4,5)6/h13H,7-12,14-15H2,1-6H3,(H3,25,26,27,30). The molecule has 3 rings (SSSR count). The van der Waals surface area contributed by atoms with Gasteiger partial charge in [-0.3, -0.25) is 9.59 Å². The van der Waals surface area contributed by atoms with Crippen molar-refractivity contribution in [3.8, 4) is 0 Å². The van der Waals surface area contributed by atoms with Crippen LogP contribution in [0.1, 0.15) is 22.5 Å². The van der Waals surface area contributed by atoms with Crippen LogP contribution in [0.2, 0.25) is 51.4 Å². The Balaban J connectivity index is 1.90. The highest BCUT2D eigenvalue weighted by Gasteiger charge is 2.34. The van der Waals surface area contributed by atoms with Crippen molar-refractivity contribution in [1.29, 1.82) is 0 Å². The maximum absolute atomic E-state index is 13.7. The first-order valence-corrected chi connectivity index (χ1v) is 20.2. The van der Waals surface area contributed by atoms with Crippen LogP contribution in [-0.4, -0.2) is 69.9 Å². The van der Waals surface area contributed by atoms with E-state index in [1.807, 2.05) is 10.6 Å². The molecule has 0 aliphatic carbocycles. The number of aliphatic imine (C=N–C) groups is 1. The molecule has 0 atom stereocenters. The van der Waals surface area contributed by atoms with Gasteiger partial charge in [0, 0.05) is 41.5 Å². The molecule has 2 amide bonds. The molecule has 0 unspecified atom stereocenters. The van der Waals surface area contributed by atoms with Gasteiger partial charge in [-0.15, -0.1) is 0 Å². The molecular weight excluding hydrogens is 546 g/mol. The van der Waals surface area contributed by atoms with Crippen molar-refractivity contribution < 1.29 is 19.1 Å². The zero-order valence-electron chi connectivity index (χ0n) is 21.7. The SMILES string of the molecule is C[Si](C)(C)CCOCN1CCC(=C2NC(N)=NC2=O)c2cc(Br)n(COCC[Si](C)(C)C)c2C1=O. The molecule has 194 valence electrons. The zero-order chi connectivity index (χ0) is 26.0. The van der Waals surface area contributed by atoms with Crippen LogP contribution in [0.5, 0.6) is 0 Å². The number of hydrogen-bond donors (Lipinski definition) is 2. The van der Waals surface area contributed by atoms with Crippen LogP contribution in [-0.2, 0) is 21.0 Å². The number of carbonyl (C=O) groups excluding carboxylic acids is 2. The number of rotatable bonds is 10. The summed E-state index contributed by atoms with van der Waals surface area (Å²) in [7, 11) is -2.48. The highest BCUT2D eigenvalue weighted by Crippen LogP contribution is 2.35. The number of hydrogen-bond acceptors (Lipinski definition) is 6. The van der Waals surface area contributed by atoms with Gasteiger partial charge in [-0.05, 0) is 46.1 Å². The number of nitrogens with two attached hydrogens (primary N) is 1. The number of fused-ring (bicyclic) bond motifs is 1. The maximum atomic E-state index is 13.7. The summed E-state index contributed by atoms with van der Waals surface area (Å²) in [4.78, 5) is 31.8. The molecule has 1 aromatic heterocycles. The predicted molar refractivity (Wildman–Crippen MR) is 148 cm³/mol. The molecule has 3 N–H and O–H groups in total. The topological polar surface area (TPSA) is 111 Å². The molecule has 0 radical (unpaired) electrons. The molecular formula is C23H38BrN5O4Si2. The number of nitrogens with zero attached hydrogens (tertiary/aromatic N) is 3. The number of carbonyl (C=O) groups is 2. The number of amides is 2. The Morgan fingerprint density at radius 1 is 1.06 bits per heavy atom. The number of ether oxygens (including phenoxy) is 2. The maximum Gasteiger partial charge on any atom is 0.296 e. The van der Waals surface area contributed by atoms with Crippen LogP contribution in [0.15, 0.2) is 21.4 Å². The molecule has 35 heavy (non-hydrogen) atoms. The lowest BCUT2D eigenvalue weighted by molar-refractivity contribution is -0.114. The molecule has 12 heteroatoms. The molecule has 0 bridgehead atoms. The number of aromatic nitrogens is 1. The van der Waals surface area contributed by atoms with Crippen molar-refractivity contribution in [2.24, 2.45) is 10.7 Å². The summed E-state index contributed by atoms with van der Waals surface area (Å²) < 4.78 is 14.4. The second-order valence-corrected chi connectivity index (χ2v) is 23.5. The first-order chi connectivity index (χ1) is 16.3. The van der Waals surface area contributed by atoms with Gasteiger partial charge in [0.25, 0.3) is 11.8 Å². The fraction of sp³-hybridized carbons (Fsp3) is 0.609. The third kappa shape index (κ3) is 7.38. The van der Waals surface area contributed by atoms with E-state index >= 15 is 0 Å². The van der Waals surface area contributed by atoms with Gasteiger partial charge >= 0.3 is 0 Å². The highest BCUT2D eigenvalue weighted by atomic mass is 79.9. The van der Waals surface area contributed by atoms with Gasteiger partial charge in [-0.25, -0.2) is 0 Å². The van der Waals surface area contributed by atoms with Crippen LogP contribution in [0.3, 0.4) is 0 Å². The summed E-state index contributed by atoms with van der Waals surface area (Å²) in [6.45, 7) is 15.9. The minimum atomic E-state index is -1.24. The van der Waals surface area contributed by atoms with E-state index in [-0.39, 0.29) is 25.3 Å². The highest BCUT2D eigenvalue weighted by molar-refractivity contribution is 9.10. The van der Waals surface area contributed by atoms with E-state index in [0.717, 1.165) is 12.1 Å². The molecule has 1 aromatic rings. The fourth-order valence-electron chi connectivity index (χ4n) is 3.79. The minimum absolute atomic E-state index is 0.0642. The number of guanidine groups is 1. The third-order valence-electron chi connectivity index (χ3n) is 5.94. The van der Waals surface area contributed by atoms with Gasteiger partial charge in [-0.1, -0.05) is 39.3 Å². The van der Waals surface area contributed by atoms with E-state index in [9.17, 15) is 9.59 Å². The van der Waals surface area contributed by atoms with E-state index in [1.165, 1.54) is 0 Å². The molecule has 0 aromatic carbocycles. The van der Waals surface area contributed by atoms with Crippen molar-refractivity contribution in [2.45, 2.75) is 64.5 Å². The summed E-state index contributed by atoms with van der Waals surface area (Å²) in [5.41, 5.74) is 7.95. The van der Waals surface area contributed by atoms with Gasteiger partial charge in [-0.2, -0.15) is 4.99 Å². The minimum Gasteiger partial charge on any atom is -0.369 e. The monoisotopic (exact) mass is 583 g/mol. The van der Waals surface area contributed by atoms with E-state index < -0.39 is 22.1 Å². The molecule has 3 heterocycles. The van der Waals surface area contributed by atoms with Crippen LogP contribution in [0.4, 0.5) is 0 Å². The van der Waals surface area contributed by atoms with E-state index in [2.05, 4.69) is 65.5 Å². The smallest absolute Gasteiger partial charge is 0.296 e. The Morgan fingerprint density at radius 2 is 1.66 bits per heavy atom. The second kappa shape index (κ2) is 11.1. The van der Waals surface area contributed by atoms with Crippen molar-refractivity contribution in [3.05, 3.63) is 27.6 Å². The summed E-state index contributed by atoms with van der Waals surface area (Å²) in [6.07, 6.45) is 0.472. The van der Waals surface area contributed by atoms with Crippen LogP contribution in [0.25, 0.3) is 5.57 Å². The Bertz CT molecular complexity index is 1040. The van der Waals surface area contributed by atoms with Crippen molar-refractivity contribution >= 4 is 55.4 Å². The molecule has 0 saturated carbocycles. The average molecular weight is 585 g/mol. The van der Waals surface area contributed by atoms with Gasteiger partial charge in [0.1, 0.15) is 24.9 Å². The van der Waals surface area contributed by atoms with Crippen molar-refractivity contribution in [1.82, 2.24) is 14.8 Å². The molecule has 2 aliphatic heterocycles. The molecule has 0 fully saturated rings. The molecule has 2 aliphatic rings. The summed E-state index contributed by atoms with van der Waals surface area (Å²) in [5.74, 6) is -0.511. The van der Waals surface area contributed by atoms with Crippen LogP contribution in [0, 0.1) is 0 Å². The Kier molecular flexibility index (Phi) is 8.84. The lowest BCUT2D eigenvalue weighted by Crippen LogP contribution is -2.35. The van der Waals surface area contributed by atoms with Gasteiger partial charge in [0.05, 0.1) is 4.60 Å². The normalized spacial score (nSPS) is 19.1. The first kappa shape index (κ1) is 27.8. The number of nitrogens with one attached hydrogen (secondary N) is 1. The molecule has 9 nitrogen and oxygen atoms in total. The third-order valence-corrected chi connectivity index (χ3v) is 10.0. The second-order valence-electron chi connectivity index (χ2n) is 11.5. The van der Waals surface area contributed by atoms with E-state index in [4.69, 9.17) is 15.2 Å². The number of halogens is 1. The Morgan fingerprint density at radius 3 is 2.20 bits per heavy atom. The Labute approximate surface area is 218 Å². The summed E-state index contributed by atoms with van der Waals surface area (Å²) in [6, 6.07) is 3.93. The summed E-state index contributed by atoms with van der Waals surface area (Å²) in [5, 5.41) is 2.89. The van der Waals surface area contributed by atoms with Crippen LogP contribution >= 0.6 is 15.9 Å². The van der Waals surface area contributed by atoms with Crippen molar-refractivity contribution in [2.75, 3.05) is 26.5 Å². The molecule has 0 spiro atoms. The summed E-state index contributed by atoms with van der Waals surface area (Å²) >= 11 is 3.60. The van der Waals surface area contributed by atoms with Crippen molar-refractivity contribution in [3.63, 3.8) is 0 Å².